The summed E-state index contributed by atoms with van der Waals surface area (Å²) in [6.45, 7) is 2.22. The highest BCUT2D eigenvalue weighted by Gasteiger charge is 2.25. The topological polar surface area (TPSA) is 72.2 Å². The van der Waals surface area contributed by atoms with Crippen molar-refractivity contribution in [3.05, 3.63) is 22.7 Å². The Balaban J connectivity index is 2.15. The van der Waals surface area contributed by atoms with Crippen LogP contribution in [0.3, 0.4) is 0 Å². The molecule has 0 aliphatic heterocycles. The minimum Gasteiger partial charge on any atom is -0.381 e. The maximum Gasteiger partial charge on any atom is 0.238 e. The number of sulfonamides is 1. The summed E-state index contributed by atoms with van der Waals surface area (Å²) in [5.41, 5.74) is 0.911. The van der Waals surface area contributed by atoms with Crippen molar-refractivity contribution in [2.24, 2.45) is 11.1 Å². The van der Waals surface area contributed by atoms with Crippen molar-refractivity contribution in [2.75, 3.05) is 5.32 Å². The Morgan fingerprint density at radius 2 is 2.06 bits per heavy atom. The number of hydrogen-bond donors (Lipinski definition) is 2. The molecule has 4 nitrogen and oxygen atoms in total. The van der Waals surface area contributed by atoms with Crippen LogP contribution in [-0.4, -0.2) is 14.5 Å². The van der Waals surface area contributed by atoms with Crippen molar-refractivity contribution in [3.8, 4) is 0 Å². The zero-order valence-corrected chi connectivity index (χ0v) is 11.9. The molecule has 0 saturated heterocycles. The lowest BCUT2D eigenvalue weighted by Crippen LogP contribution is -2.33. The molecule has 0 unspecified atom stereocenters. The van der Waals surface area contributed by atoms with Crippen LogP contribution in [0.15, 0.2) is 27.6 Å². The first-order chi connectivity index (χ1) is 7.86. The Hall–Kier alpha value is -0.590. The fourth-order valence-corrected chi connectivity index (χ4v) is 3.21. The first kappa shape index (κ1) is 12.9. The monoisotopic (exact) mass is 318 g/mol. The van der Waals surface area contributed by atoms with Gasteiger partial charge in [0.05, 0.1) is 4.90 Å². The normalized spacial score (nSPS) is 24.2. The number of rotatable bonds is 3. The molecule has 1 saturated carbocycles. The molecule has 1 fully saturated rings. The van der Waals surface area contributed by atoms with Crippen molar-refractivity contribution in [3.63, 3.8) is 0 Å². The fraction of sp³-hybridized carbons (Fsp3) is 0.455. The summed E-state index contributed by atoms with van der Waals surface area (Å²) in [5, 5.41) is 8.44. The first-order valence-electron chi connectivity index (χ1n) is 5.45. The van der Waals surface area contributed by atoms with E-state index in [1.807, 2.05) is 0 Å². The second-order valence-corrected chi connectivity index (χ2v) is 7.02. The van der Waals surface area contributed by atoms with Gasteiger partial charge in [0.25, 0.3) is 0 Å². The van der Waals surface area contributed by atoms with Crippen LogP contribution >= 0.6 is 15.9 Å². The molecule has 0 atom stereocenters. The molecule has 0 bridgehead atoms. The quantitative estimate of drug-likeness (QED) is 0.898. The number of nitrogens with one attached hydrogen (secondary N) is 1. The zero-order valence-electron chi connectivity index (χ0n) is 9.48. The van der Waals surface area contributed by atoms with E-state index in [9.17, 15) is 8.42 Å². The van der Waals surface area contributed by atoms with Gasteiger partial charge in [-0.05, 0) is 52.9 Å². The molecule has 1 aliphatic rings. The third-order valence-corrected chi connectivity index (χ3v) is 4.57. The molecule has 1 aromatic rings. The molecule has 3 N–H and O–H groups in total. The van der Waals surface area contributed by atoms with Gasteiger partial charge in [0, 0.05) is 16.2 Å². The van der Waals surface area contributed by atoms with E-state index in [1.54, 1.807) is 6.07 Å². The summed E-state index contributed by atoms with van der Waals surface area (Å²) in [5.74, 6) is 0.773. The molecule has 94 valence electrons. The second-order valence-electron chi connectivity index (χ2n) is 4.60. The Morgan fingerprint density at radius 1 is 1.41 bits per heavy atom. The maximum absolute atomic E-state index is 11.2. The lowest BCUT2D eigenvalue weighted by Gasteiger charge is -2.34. The van der Waals surface area contributed by atoms with Gasteiger partial charge in [-0.1, -0.05) is 6.92 Å². The molecule has 1 aliphatic carbocycles. The van der Waals surface area contributed by atoms with Gasteiger partial charge in [0.2, 0.25) is 10.0 Å². The number of halogens is 1. The fourth-order valence-electron chi connectivity index (χ4n) is 2.03. The van der Waals surface area contributed by atoms with Crippen LogP contribution in [0.1, 0.15) is 19.8 Å². The standard InChI is InChI=1S/C11H15BrN2O2S/c1-7-4-8(5-7)14-11-3-2-9(6-10(11)12)17(13,15)16/h2-3,6-8,14H,4-5H2,1H3,(H2,13,15,16). The molecule has 0 radical (unpaired) electrons. The summed E-state index contributed by atoms with van der Waals surface area (Å²) in [6.07, 6.45) is 2.31. The van der Waals surface area contributed by atoms with E-state index in [0.717, 1.165) is 28.9 Å². The van der Waals surface area contributed by atoms with Gasteiger partial charge in [0.1, 0.15) is 0 Å². The molecule has 1 aromatic carbocycles. The SMILES string of the molecule is CC1CC(Nc2ccc(S(N)(=O)=O)cc2Br)C1. The van der Waals surface area contributed by atoms with Crippen molar-refractivity contribution in [1.82, 2.24) is 0 Å². The largest absolute Gasteiger partial charge is 0.381 e. The number of nitrogens with two attached hydrogens (primary N) is 1. The van der Waals surface area contributed by atoms with Crippen LogP contribution in [0.5, 0.6) is 0 Å². The van der Waals surface area contributed by atoms with E-state index in [0.29, 0.717) is 6.04 Å². The molecule has 6 heteroatoms. The summed E-state index contributed by atoms with van der Waals surface area (Å²) in [7, 11) is -3.63. The number of anilines is 1. The molecule has 0 aromatic heterocycles. The van der Waals surface area contributed by atoms with Crippen LogP contribution < -0.4 is 10.5 Å². The minimum atomic E-state index is -3.63. The first-order valence-corrected chi connectivity index (χ1v) is 7.79. The van der Waals surface area contributed by atoms with Gasteiger partial charge in [-0.25, -0.2) is 13.6 Å². The van der Waals surface area contributed by atoms with Crippen LogP contribution in [0.2, 0.25) is 0 Å². The lowest BCUT2D eigenvalue weighted by atomic mass is 9.82. The number of benzene rings is 1. The number of hydrogen-bond acceptors (Lipinski definition) is 3. The molecular formula is C11H15BrN2O2S. The van der Waals surface area contributed by atoms with Crippen LogP contribution in [0.4, 0.5) is 5.69 Å². The predicted molar refractivity (Wildman–Crippen MR) is 71.3 cm³/mol. The molecular weight excluding hydrogens is 304 g/mol. The van der Waals surface area contributed by atoms with E-state index in [2.05, 4.69) is 28.2 Å². The molecule has 17 heavy (non-hydrogen) atoms. The molecule has 0 amide bonds. The lowest BCUT2D eigenvalue weighted by molar-refractivity contribution is 0.309. The van der Waals surface area contributed by atoms with Gasteiger partial charge < -0.3 is 5.32 Å². The van der Waals surface area contributed by atoms with E-state index in [-0.39, 0.29) is 4.90 Å². The molecule has 0 spiro atoms. The predicted octanol–water partition coefficient (Wildman–Crippen LogP) is 2.31. The zero-order chi connectivity index (χ0) is 12.6. The van der Waals surface area contributed by atoms with Gasteiger partial charge in [-0.3, -0.25) is 0 Å². The van der Waals surface area contributed by atoms with E-state index in [4.69, 9.17) is 5.14 Å². The van der Waals surface area contributed by atoms with Crippen LogP contribution in [-0.2, 0) is 10.0 Å². The number of primary sulfonamides is 1. The van der Waals surface area contributed by atoms with Crippen molar-refractivity contribution < 1.29 is 8.42 Å². The Labute approximate surface area is 110 Å². The maximum atomic E-state index is 11.2. The minimum absolute atomic E-state index is 0.122. The van der Waals surface area contributed by atoms with Crippen LogP contribution in [0, 0.1) is 5.92 Å². The van der Waals surface area contributed by atoms with Crippen molar-refractivity contribution >= 4 is 31.6 Å². The Bertz CT molecular complexity index is 524. The highest BCUT2D eigenvalue weighted by Crippen LogP contribution is 2.32. The van der Waals surface area contributed by atoms with Gasteiger partial charge in [-0.2, -0.15) is 0 Å². The Morgan fingerprint density at radius 3 is 2.53 bits per heavy atom. The summed E-state index contributed by atoms with van der Waals surface area (Å²) in [4.78, 5) is 0.122. The average Bonchev–Trinajstić information content (AvgIpc) is 2.16. The van der Waals surface area contributed by atoms with E-state index in [1.165, 1.54) is 12.1 Å². The van der Waals surface area contributed by atoms with Gasteiger partial charge in [-0.15, -0.1) is 0 Å². The summed E-state index contributed by atoms with van der Waals surface area (Å²) in [6, 6.07) is 5.28. The highest BCUT2D eigenvalue weighted by atomic mass is 79.9. The van der Waals surface area contributed by atoms with E-state index < -0.39 is 10.0 Å². The van der Waals surface area contributed by atoms with Crippen LogP contribution in [0.25, 0.3) is 0 Å². The van der Waals surface area contributed by atoms with Gasteiger partial charge >= 0.3 is 0 Å². The van der Waals surface area contributed by atoms with Crippen molar-refractivity contribution in [2.45, 2.75) is 30.7 Å². The van der Waals surface area contributed by atoms with Crippen molar-refractivity contribution in [1.29, 1.82) is 0 Å². The van der Waals surface area contributed by atoms with Gasteiger partial charge in [0.15, 0.2) is 0 Å². The third kappa shape index (κ3) is 3.00. The van der Waals surface area contributed by atoms with E-state index >= 15 is 0 Å². The Kier molecular flexibility index (Phi) is 3.47. The third-order valence-electron chi connectivity index (χ3n) is 3.00. The smallest absolute Gasteiger partial charge is 0.238 e. The summed E-state index contributed by atoms with van der Waals surface area (Å²) < 4.78 is 23.1. The highest BCUT2D eigenvalue weighted by molar-refractivity contribution is 9.10. The molecule has 2 rings (SSSR count). The second kappa shape index (κ2) is 4.59. The average molecular weight is 319 g/mol. The molecule has 0 heterocycles. The summed E-state index contributed by atoms with van der Waals surface area (Å²) >= 11 is 3.35.